The van der Waals surface area contributed by atoms with Gasteiger partial charge >= 0.3 is 0 Å². The minimum absolute atomic E-state index is 0.0945. The molecule has 1 fully saturated rings. The van der Waals surface area contributed by atoms with Gasteiger partial charge in [-0.05, 0) is 50.1 Å². The fourth-order valence-corrected chi connectivity index (χ4v) is 3.61. The molecule has 0 unspecified atom stereocenters. The molecule has 0 bridgehead atoms. The van der Waals surface area contributed by atoms with Gasteiger partial charge < -0.3 is 9.30 Å². The fourth-order valence-electron chi connectivity index (χ4n) is 3.61. The lowest BCUT2D eigenvalue weighted by atomic mass is 9.93. The molecule has 1 saturated heterocycles. The van der Waals surface area contributed by atoms with Gasteiger partial charge in [-0.1, -0.05) is 6.07 Å². The maximum atomic E-state index is 13.3. The number of aromatic nitrogens is 2. The summed E-state index contributed by atoms with van der Waals surface area (Å²) in [5.41, 5.74) is 3.66. The topological polar surface area (TPSA) is 37.6 Å². The molecule has 1 aliphatic rings. The van der Waals surface area contributed by atoms with Crippen molar-refractivity contribution >= 4 is 11.4 Å². The SMILES string of the molecule is Cc1nc(C2CCN(C(=O)c3cccc(F)c3)CC2)cn2cccc12. The zero-order chi connectivity index (χ0) is 17.4. The van der Waals surface area contributed by atoms with Crippen molar-refractivity contribution in [2.24, 2.45) is 0 Å². The summed E-state index contributed by atoms with van der Waals surface area (Å²) in [6.07, 6.45) is 5.88. The summed E-state index contributed by atoms with van der Waals surface area (Å²) in [5, 5.41) is 0. The molecule has 128 valence electrons. The average molecular weight is 337 g/mol. The second kappa shape index (κ2) is 6.31. The van der Waals surface area contributed by atoms with E-state index in [2.05, 4.69) is 16.7 Å². The van der Waals surface area contributed by atoms with Crippen molar-refractivity contribution in [3.8, 4) is 0 Å². The average Bonchev–Trinajstić information content (AvgIpc) is 3.10. The molecule has 1 aromatic carbocycles. The van der Waals surface area contributed by atoms with Gasteiger partial charge in [0.1, 0.15) is 5.82 Å². The Labute approximate surface area is 145 Å². The summed E-state index contributed by atoms with van der Waals surface area (Å²) in [6, 6.07) is 9.99. The third-order valence-corrected chi connectivity index (χ3v) is 4.99. The Morgan fingerprint density at radius 1 is 1.20 bits per heavy atom. The van der Waals surface area contributed by atoms with Crippen LogP contribution in [0, 0.1) is 12.7 Å². The van der Waals surface area contributed by atoms with Crippen LogP contribution >= 0.6 is 0 Å². The summed E-state index contributed by atoms with van der Waals surface area (Å²) in [5.74, 6) is -0.120. The van der Waals surface area contributed by atoms with E-state index < -0.39 is 0 Å². The van der Waals surface area contributed by atoms with Crippen LogP contribution in [0.25, 0.3) is 5.52 Å². The number of carbonyl (C=O) groups is 1. The van der Waals surface area contributed by atoms with E-state index in [1.807, 2.05) is 24.1 Å². The molecule has 0 N–H and O–H groups in total. The first-order valence-electron chi connectivity index (χ1n) is 8.61. The third-order valence-electron chi connectivity index (χ3n) is 4.99. The molecule has 2 aromatic heterocycles. The highest BCUT2D eigenvalue weighted by Gasteiger charge is 2.26. The van der Waals surface area contributed by atoms with Crippen LogP contribution in [0.1, 0.15) is 40.5 Å². The molecule has 4 rings (SSSR count). The summed E-state index contributed by atoms with van der Waals surface area (Å²) in [6.45, 7) is 3.37. The van der Waals surface area contributed by atoms with Crippen molar-refractivity contribution in [3.05, 3.63) is 71.6 Å². The maximum absolute atomic E-state index is 13.3. The molecule has 0 spiro atoms. The Morgan fingerprint density at radius 3 is 2.76 bits per heavy atom. The van der Waals surface area contributed by atoms with E-state index in [4.69, 9.17) is 4.98 Å². The predicted octanol–water partition coefficient (Wildman–Crippen LogP) is 3.80. The number of aryl methyl sites for hydroxylation is 1. The smallest absolute Gasteiger partial charge is 0.253 e. The minimum atomic E-state index is -0.375. The van der Waals surface area contributed by atoms with Gasteiger partial charge in [0.25, 0.3) is 5.91 Å². The van der Waals surface area contributed by atoms with E-state index >= 15 is 0 Å². The molecule has 1 aliphatic heterocycles. The molecule has 25 heavy (non-hydrogen) atoms. The number of carbonyl (C=O) groups excluding carboxylic acids is 1. The largest absolute Gasteiger partial charge is 0.339 e. The van der Waals surface area contributed by atoms with Gasteiger partial charge in [-0.25, -0.2) is 4.39 Å². The second-order valence-electron chi connectivity index (χ2n) is 6.63. The Kier molecular flexibility index (Phi) is 3.99. The van der Waals surface area contributed by atoms with Crippen molar-refractivity contribution in [2.75, 3.05) is 13.1 Å². The molecule has 3 heterocycles. The zero-order valence-corrected chi connectivity index (χ0v) is 14.2. The van der Waals surface area contributed by atoms with Gasteiger partial charge in [0.2, 0.25) is 0 Å². The summed E-state index contributed by atoms with van der Waals surface area (Å²) in [4.78, 5) is 19.1. The zero-order valence-electron chi connectivity index (χ0n) is 14.2. The molecule has 3 aromatic rings. The Balaban J connectivity index is 1.48. The highest BCUT2D eigenvalue weighted by atomic mass is 19.1. The van der Waals surface area contributed by atoms with Crippen LogP contribution in [0.5, 0.6) is 0 Å². The summed E-state index contributed by atoms with van der Waals surface area (Å²) >= 11 is 0. The van der Waals surface area contributed by atoms with E-state index in [-0.39, 0.29) is 11.7 Å². The quantitative estimate of drug-likeness (QED) is 0.713. The van der Waals surface area contributed by atoms with E-state index in [9.17, 15) is 9.18 Å². The number of hydrogen-bond acceptors (Lipinski definition) is 2. The van der Waals surface area contributed by atoms with Crippen molar-refractivity contribution in [1.29, 1.82) is 0 Å². The van der Waals surface area contributed by atoms with Crippen molar-refractivity contribution in [3.63, 3.8) is 0 Å². The molecular weight excluding hydrogens is 317 g/mol. The van der Waals surface area contributed by atoms with E-state index in [0.29, 0.717) is 24.6 Å². The number of nitrogens with zero attached hydrogens (tertiary/aromatic N) is 3. The van der Waals surface area contributed by atoms with Gasteiger partial charge in [-0.15, -0.1) is 0 Å². The lowest BCUT2D eigenvalue weighted by Gasteiger charge is -2.32. The second-order valence-corrected chi connectivity index (χ2v) is 6.63. The van der Waals surface area contributed by atoms with Crippen LogP contribution in [0.3, 0.4) is 0 Å². The van der Waals surface area contributed by atoms with Crippen LogP contribution in [-0.4, -0.2) is 33.3 Å². The van der Waals surface area contributed by atoms with Gasteiger partial charge in [-0.2, -0.15) is 0 Å². The number of piperidine rings is 1. The molecule has 5 heteroatoms. The van der Waals surface area contributed by atoms with Crippen molar-refractivity contribution in [1.82, 2.24) is 14.3 Å². The number of benzene rings is 1. The number of rotatable bonds is 2. The first-order valence-corrected chi connectivity index (χ1v) is 8.61. The van der Waals surface area contributed by atoms with Crippen LogP contribution < -0.4 is 0 Å². The van der Waals surface area contributed by atoms with E-state index in [1.54, 1.807) is 12.1 Å². The highest BCUT2D eigenvalue weighted by Crippen LogP contribution is 2.28. The van der Waals surface area contributed by atoms with E-state index in [1.165, 1.54) is 12.1 Å². The third kappa shape index (κ3) is 3.02. The highest BCUT2D eigenvalue weighted by molar-refractivity contribution is 5.94. The van der Waals surface area contributed by atoms with Crippen molar-refractivity contribution < 1.29 is 9.18 Å². The first kappa shape index (κ1) is 15.8. The van der Waals surface area contributed by atoms with Gasteiger partial charge in [-0.3, -0.25) is 9.78 Å². The van der Waals surface area contributed by atoms with Crippen LogP contribution in [0.15, 0.2) is 48.8 Å². The maximum Gasteiger partial charge on any atom is 0.253 e. The number of halogens is 1. The van der Waals surface area contributed by atoms with Gasteiger partial charge in [0.15, 0.2) is 0 Å². The standard InChI is InChI=1S/C20H20FN3O/c1-14-19-6-3-9-24(19)13-18(22-14)15-7-10-23(11-8-15)20(25)16-4-2-5-17(21)12-16/h2-6,9,12-13,15H,7-8,10-11H2,1H3. The van der Waals surface area contributed by atoms with Crippen LogP contribution in [-0.2, 0) is 0 Å². The molecule has 4 nitrogen and oxygen atoms in total. The lowest BCUT2D eigenvalue weighted by molar-refractivity contribution is 0.0711. The molecule has 0 aliphatic carbocycles. The van der Waals surface area contributed by atoms with Crippen LogP contribution in [0.2, 0.25) is 0 Å². The Hall–Kier alpha value is -2.69. The molecule has 0 radical (unpaired) electrons. The lowest BCUT2D eigenvalue weighted by Crippen LogP contribution is -2.38. The van der Waals surface area contributed by atoms with Gasteiger partial charge in [0.05, 0.1) is 16.9 Å². The first-order chi connectivity index (χ1) is 12.1. The Bertz CT molecular complexity index is 926. The van der Waals surface area contributed by atoms with E-state index in [0.717, 1.165) is 29.7 Å². The summed E-state index contributed by atoms with van der Waals surface area (Å²) in [7, 11) is 0. The minimum Gasteiger partial charge on any atom is -0.339 e. The number of hydrogen-bond donors (Lipinski definition) is 0. The van der Waals surface area contributed by atoms with Crippen LogP contribution in [0.4, 0.5) is 4.39 Å². The fraction of sp³-hybridized carbons (Fsp3) is 0.300. The molecular formula is C20H20FN3O. The number of fused-ring (bicyclic) bond motifs is 1. The van der Waals surface area contributed by atoms with Crippen molar-refractivity contribution in [2.45, 2.75) is 25.7 Å². The molecule has 1 amide bonds. The predicted molar refractivity (Wildman–Crippen MR) is 94.2 cm³/mol. The number of amides is 1. The molecule has 0 saturated carbocycles. The monoisotopic (exact) mass is 337 g/mol. The summed E-state index contributed by atoms with van der Waals surface area (Å²) < 4.78 is 15.4. The Morgan fingerprint density at radius 2 is 2.00 bits per heavy atom. The van der Waals surface area contributed by atoms with Gasteiger partial charge in [0, 0.05) is 37.0 Å². The molecule has 0 atom stereocenters. The normalized spacial score (nSPS) is 15.7. The number of likely N-dealkylation sites (tertiary alicyclic amines) is 1.